The topological polar surface area (TPSA) is 86.3 Å². The predicted octanol–water partition coefficient (Wildman–Crippen LogP) is -1.81. The second kappa shape index (κ2) is 14.3. The number of hydrogen-bond acceptors (Lipinski definition) is 4. The van der Waals surface area contributed by atoms with Gasteiger partial charge in [-0.1, -0.05) is 51.9 Å². The van der Waals surface area contributed by atoms with Crippen molar-refractivity contribution in [2.45, 2.75) is 64.7 Å². The van der Waals surface area contributed by atoms with Crippen LogP contribution in [-0.2, 0) is 14.8 Å². The van der Waals surface area contributed by atoms with Gasteiger partial charge in [-0.3, -0.25) is 0 Å². The molecule has 0 rings (SSSR count). The van der Waals surface area contributed by atoms with Crippen molar-refractivity contribution in [3.8, 4) is 0 Å². The van der Waals surface area contributed by atoms with Crippen molar-refractivity contribution in [3.05, 3.63) is 0 Å². The summed E-state index contributed by atoms with van der Waals surface area (Å²) in [5.41, 5.74) is 0. The van der Waals surface area contributed by atoms with Crippen LogP contribution in [0.4, 0.5) is 0 Å². The monoisotopic (exact) mass is 315 g/mol. The SMILES string of the molecule is CCCCCCCCCCS(=O)(=O)NCCC(=O)[O-].[Na+]. The normalized spacial score (nSPS) is 11.1. The van der Waals surface area contributed by atoms with Gasteiger partial charge in [0.25, 0.3) is 0 Å². The molecule has 0 fully saturated rings. The van der Waals surface area contributed by atoms with E-state index in [2.05, 4.69) is 11.6 Å². The Morgan fingerprint density at radius 1 is 1.00 bits per heavy atom. The molecule has 7 heteroatoms. The summed E-state index contributed by atoms with van der Waals surface area (Å²) in [5, 5.41) is 10.1. The molecule has 5 nitrogen and oxygen atoms in total. The minimum absolute atomic E-state index is 0. The van der Waals surface area contributed by atoms with Crippen molar-refractivity contribution in [2.24, 2.45) is 0 Å². The maximum Gasteiger partial charge on any atom is 1.00 e. The molecule has 0 aliphatic carbocycles. The van der Waals surface area contributed by atoms with E-state index in [0.29, 0.717) is 6.42 Å². The molecule has 1 N–H and O–H groups in total. The molecule has 0 bridgehead atoms. The van der Waals surface area contributed by atoms with Crippen LogP contribution in [-0.4, -0.2) is 26.7 Å². The zero-order valence-corrected chi connectivity index (χ0v) is 15.6. The van der Waals surface area contributed by atoms with Crippen molar-refractivity contribution in [3.63, 3.8) is 0 Å². The van der Waals surface area contributed by atoms with E-state index in [1.165, 1.54) is 25.7 Å². The molecular formula is C13H26NNaO4S. The van der Waals surface area contributed by atoms with E-state index in [1.54, 1.807) is 0 Å². The minimum atomic E-state index is -3.32. The van der Waals surface area contributed by atoms with Gasteiger partial charge < -0.3 is 9.90 Å². The Labute approximate surface area is 145 Å². The van der Waals surface area contributed by atoms with Crippen LogP contribution in [0.25, 0.3) is 0 Å². The Kier molecular flexibility index (Phi) is 16.2. The Morgan fingerprint density at radius 2 is 1.50 bits per heavy atom. The number of unbranched alkanes of at least 4 members (excludes halogenated alkanes) is 7. The second-order valence-corrected chi connectivity index (χ2v) is 6.74. The first-order valence-electron chi connectivity index (χ1n) is 7.15. The molecule has 0 aliphatic rings. The van der Waals surface area contributed by atoms with Crippen LogP contribution in [0.2, 0.25) is 0 Å². The van der Waals surface area contributed by atoms with Gasteiger partial charge in [0.1, 0.15) is 0 Å². The van der Waals surface area contributed by atoms with E-state index < -0.39 is 16.0 Å². The maximum absolute atomic E-state index is 11.5. The Balaban J connectivity index is 0. The van der Waals surface area contributed by atoms with Crippen LogP contribution in [0.3, 0.4) is 0 Å². The average molecular weight is 315 g/mol. The van der Waals surface area contributed by atoms with Crippen LogP contribution < -0.4 is 39.4 Å². The van der Waals surface area contributed by atoms with Gasteiger partial charge in [0.15, 0.2) is 0 Å². The Morgan fingerprint density at radius 3 is 2.00 bits per heavy atom. The number of carboxylic acid groups (broad SMARTS) is 1. The molecule has 0 aromatic heterocycles. The van der Waals surface area contributed by atoms with Gasteiger partial charge in [-0.15, -0.1) is 0 Å². The number of rotatable bonds is 13. The van der Waals surface area contributed by atoms with Crippen molar-refractivity contribution < 1.29 is 47.9 Å². The van der Waals surface area contributed by atoms with Crippen LogP contribution in [0.15, 0.2) is 0 Å². The molecule has 0 saturated heterocycles. The standard InChI is InChI=1S/C13H27NO4S.Na/c1-2-3-4-5-6-7-8-9-12-19(17,18)14-11-10-13(15)16;/h14H,2-12H2,1H3,(H,15,16);/q;+1/p-1. The maximum atomic E-state index is 11.5. The van der Waals surface area contributed by atoms with E-state index in [1.807, 2.05) is 0 Å². The predicted molar refractivity (Wildman–Crippen MR) is 74.0 cm³/mol. The van der Waals surface area contributed by atoms with Crippen molar-refractivity contribution in [1.82, 2.24) is 4.72 Å². The third kappa shape index (κ3) is 16.4. The first-order valence-corrected chi connectivity index (χ1v) is 8.80. The first-order chi connectivity index (χ1) is 8.98. The van der Waals surface area contributed by atoms with Gasteiger partial charge in [0, 0.05) is 18.9 Å². The summed E-state index contributed by atoms with van der Waals surface area (Å²) < 4.78 is 25.2. The van der Waals surface area contributed by atoms with E-state index >= 15 is 0 Å². The number of hydrogen-bond donors (Lipinski definition) is 1. The molecule has 114 valence electrons. The summed E-state index contributed by atoms with van der Waals surface area (Å²) in [6.07, 6.45) is 8.49. The largest absolute Gasteiger partial charge is 1.00 e. The van der Waals surface area contributed by atoms with E-state index in [9.17, 15) is 18.3 Å². The molecule has 0 atom stereocenters. The van der Waals surface area contributed by atoms with Gasteiger partial charge in [0.05, 0.1) is 5.75 Å². The summed E-state index contributed by atoms with van der Waals surface area (Å²) in [4.78, 5) is 10.1. The summed E-state index contributed by atoms with van der Waals surface area (Å²) in [6, 6.07) is 0. The van der Waals surface area contributed by atoms with Gasteiger partial charge in [-0.25, -0.2) is 13.1 Å². The summed E-state index contributed by atoms with van der Waals surface area (Å²) in [7, 11) is -3.32. The summed E-state index contributed by atoms with van der Waals surface area (Å²) >= 11 is 0. The molecule has 0 saturated carbocycles. The van der Waals surface area contributed by atoms with Crippen LogP contribution in [0.1, 0.15) is 64.7 Å². The molecule has 0 aliphatic heterocycles. The molecule has 0 aromatic carbocycles. The third-order valence-electron chi connectivity index (χ3n) is 2.92. The van der Waals surface area contributed by atoms with E-state index in [-0.39, 0.29) is 48.3 Å². The Bertz CT molecular complexity index is 333. The molecule has 0 radical (unpaired) electrons. The Hall–Kier alpha value is 0.380. The number of carbonyl (C=O) groups is 1. The van der Waals surface area contributed by atoms with Crippen LogP contribution >= 0.6 is 0 Å². The smallest absolute Gasteiger partial charge is 0.550 e. The van der Waals surface area contributed by atoms with Gasteiger partial charge in [-0.2, -0.15) is 0 Å². The number of carbonyl (C=O) groups excluding carboxylic acids is 1. The third-order valence-corrected chi connectivity index (χ3v) is 4.39. The van der Waals surface area contributed by atoms with Crippen molar-refractivity contribution in [2.75, 3.05) is 12.3 Å². The van der Waals surface area contributed by atoms with Crippen LogP contribution in [0, 0.1) is 0 Å². The summed E-state index contributed by atoms with van der Waals surface area (Å²) in [5.74, 6) is -1.16. The van der Waals surface area contributed by atoms with Crippen molar-refractivity contribution >= 4 is 16.0 Å². The van der Waals surface area contributed by atoms with Gasteiger partial charge in [0.2, 0.25) is 10.0 Å². The van der Waals surface area contributed by atoms with Gasteiger partial charge >= 0.3 is 29.6 Å². The fourth-order valence-electron chi connectivity index (χ4n) is 1.81. The average Bonchev–Trinajstić information content (AvgIpc) is 2.31. The van der Waals surface area contributed by atoms with Crippen LogP contribution in [0.5, 0.6) is 0 Å². The molecule has 0 amide bonds. The number of nitrogens with one attached hydrogen (secondary N) is 1. The summed E-state index contributed by atoms with van der Waals surface area (Å²) in [6.45, 7) is 2.10. The number of aliphatic carboxylic acids is 1. The van der Waals surface area contributed by atoms with E-state index in [0.717, 1.165) is 19.3 Å². The zero-order chi connectivity index (χ0) is 14.6. The fraction of sp³-hybridized carbons (Fsp3) is 0.923. The van der Waals surface area contributed by atoms with Crippen molar-refractivity contribution in [1.29, 1.82) is 0 Å². The second-order valence-electron chi connectivity index (χ2n) is 4.81. The van der Waals surface area contributed by atoms with Gasteiger partial charge in [-0.05, 0) is 6.42 Å². The first kappa shape index (κ1) is 22.7. The molecular weight excluding hydrogens is 289 g/mol. The van der Waals surface area contributed by atoms with E-state index in [4.69, 9.17) is 0 Å². The number of sulfonamides is 1. The zero-order valence-electron chi connectivity index (χ0n) is 12.8. The molecule has 0 unspecified atom stereocenters. The molecule has 0 heterocycles. The fourth-order valence-corrected chi connectivity index (χ4v) is 2.95. The molecule has 20 heavy (non-hydrogen) atoms. The minimum Gasteiger partial charge on any atom is -0.550 e. The molecule has 0 spiro atoms. The molecule has 0 aromatic rings. The quantitative estimate of drug-likeness (QED) is 0.321. The number of carboxylic acids is 1.